The van der Waals surface area contributed by atoms with Gasteiger partial charge in [-0.25, -0.2) is 0 Å². The van der Waals surface area contributed by atoms with Crippen LogP contribution in [0.15, 0.2) is 30.3 Å². The fourth-order valence-electron chi connectivity index (χ4n) is 4.76. The van der Waals surface area contributed by atoms with Crippen LogP contribution in [-0.4, -0.2) is 83.8 Å². The molecular formula is C30H46N8O7. The number of nitrogens with two attached hydrogens (primary N) is 1. The van der Waals surface area contributed by atoms with Crippen molar-refractivity contribution in [3.8, 4) is 0 Å². The number of carboxylic acids is 1. The molecule has 4 atom stereocenters. The van der Waals surface area contributed by atoms with E-state index in [1.807, 2.05) is 0 Å². The quantitative estimate of drug-likeness (QED) is 0.0755. The summed E-state index contributed by atoms with van der Waals surface area (Å²) >= 11 is 0. The summed E-state index contributed by atoms with van der Waals surface area (Å²) in [7, 11) is 0. The largest absolute Gasteiger partial charge is 0.481 e. The van der Waals surface area contributed by atoms with Crippen LogP contribution in [0.1, 0.15) is 64.4 Å². The minimum atomic E-state index is -1.54. The highest BCUT2D eigenvalue weighted by Crippen LogP contribution is 2.12. The second kappa shape index (κ2) is 18.9. The number of guanidine groups is 1. The molecule has 45 heavy (non-hydrogen) atoms. The molecular weight excluding hydrogens is 584 g/mol. The molecule has 10 N–H and O–H groups in total. The van der Waals surface area contributed by atoms with Crippen molar-refractivity contribution in [3.63, 3.8) is 0 Å². The van der Waals surface area contributed by atoms with Crippen molar-refractivity contribution in [2.75, 3.05) is 13.1 Å². The number of hydrogen-bond donors (Lipinski definition) is 9. The predicted molar refractivity (Wildman–Crippen MR) is 166 cm³/mol. The molecule has 1 saturated heterocycles. The lowest BCUT2D eigenvalue weighted by Crippen LogP contribution is -2.58. The van der Waals surface area contributed by atoms with Gasteiger partial charge in [0.15, 0.2) is 5.96 Å². The van der Waals surface area contributed by atoms with Gasteiger partial charge in [-0.05, 0) is 30.7 Å². The summed E-state index contributed by atoms with van der Waals surface area (Å²) in [5.74, 6) is -4.90. The van der Waals surface area contributed by atoms with Crippen LogP contribution in [0.2, 0.25) is 0 Å². The summed E-state index contributed by atoms with van der Waals surface area (Å²) in [6.45, 7) is 3.81. The smallest absolute Gasteiger partial charge is 0.305 e. The Bertz CT molecular complexity index is 1190. The van der Waals surface area contributed by atoms with Gasteiger partial charge in [0.2, 0.25) is 29.5 Å². The molecule has 1 aromatic rings. The Labute approximate surface area is 262 Å². The van der Waals surface area contributed by atoms with Gasteiger partial charge in [0.05, 0.1) is 13.0 Å². The Kier molecular flexibility index (Phi) is 15.3. The highest BCUT2D eigenvalue weighted by Gasteiger charge is 2.33. The first-order chi connectivity index (χ1) is 21.3. The molecule has 1 aliphatic heterocycles. The number of carboxylic acid groups (broad SMARTS) is 1. The first-order valence-electron chi connectivity index (χ1n) is 15.2. The molecule has 1 aliphatic rings. The van der Waals surface area contributed by atoms with E-state index in [0.717, 1.165) is 12.8 Å². The van der Waals surface area contributed by atoms with Crippen LogP contribution in [0.3, 0.4) is 0 Å². The van der Waals surface area contributed by atoms with Gasteiger partial charge in [-0.2, -0.15) is 0 Å². The lowest BCUT2D eigenvalue weighted by atomic mass is 10.0. The van der Waals surface area contributed by atoms with Crippen molar-refractivity contribution in [3.05, 3.63) is 35.9 Å². The predicted octanol–water partition coefficient (Wildman–Crippen LogP) is -0.748. The van der Waals surface area contributed by atoms with Crippen LogP contribution in [-0.2, 0) is 35.2 Å². The van der Waals surface area contributed by atoms with Gasteiger partial charge in [-0.3, -0.25) is 34.2 Å². The first kappa shape index (κ1) is 36.5. The average molecular weight is 631 g/mol. The van der Waals surface area contributed by atoms with E-state index in [9.17, 15) is 33.9 Å². The molecule has 0 aliphatic carbocycles. The third-order valence-electron chi connectivity index (χ3n) is 7.14. The normalized spacial score (nSPS) is 21.7. The monoisotopic (exact) mass is 630 g/mol. The Morgan fingerprint density at radius 3 is 2.07 bits per heavy atom. The zero-order valence-electron chi connectivity index (χ0n) is 25.8. The number of rotatable bonds is 13. The number of amides is 5. The van der Waals surface area contributed by atoms with Crippen LogP contribution in [0.4, 0.5) is 0 Å². The van der Waals surface area contributed by atoms with Crippen molar-refractivity contribution in [2.24, 2.45) is 11.7 Å². The van der Waals surface area contributed by atoms with Gasteiger partial charge in [0.1, 0.15) is 24.2 Å². The van der Waals surface area contributed by atoms with E-state index in [1.165, 1.54) is 0 Å². The number of unbranched alkanes of at least 4 members (excludes halogenated alkanes) is 1. The maximum Gasteiger partial charge on any atom is 0.305 e. The molecule has 0 aromatic heterocycles. The summed E-state index contributed by atoms with van der Waals surface area (Å²) < 4.78 is 0. The topological polar surface area (TPSA) is 245 Å². The van der Waals surface area contributed by atoms with Crippen molar-refractivity contribution in [1.29, 1.82) is 5.41 Å². The molecule has 248 valence electrons. The molecule has 0 radical (unpaired) electrons. The van der Waals surface area contributed by atoms with E-state index in [4.69, 9.17) is 11.1 Å². The van der Waals surface area contributed by atoms with E-state index in [2.05, 4.69) is 45.7 Å². The van der Waals surface area contributed by atoms with Gasteiger partial charge in [-0.1, -0.05) is 63.4 Å². The molecule has 0 bridgehead atoms. The van der Waals surface area contributed by atoms with E-state index in [-0.39, 0.29) is 31.8 Å². The fourth-order valence-corrected chi connectivity index (χ4v) is 4.76. The summed E-state index contributed by atoms with van der Waals surface area (Å²) in [6.07, 6.45) is 2.28. The van der Waals surface area contributed by atoms with Gasteiger partial charge in [0, 0.05) is 13.0 Å². The van der Waals surface area contributed by atoms with E-state index < -0.39 is 72.6 Å². The minimum absolute atomic E-state index is 0.0274. The highest BCUT2D eigenvalue weighted by atomic mass is 16.4. The van der Waals surface area contributed by atoms with E-state index in [1.54, 1.807) is 30.3 Å². The second-order valence-corrected chi connectivity index (χ2v) is 11.5. The van der Waals surface area contributed by atoms with Crippen molar-refractivity contribution >= 4 is 41.5 Å². The van der Waals surface area contributed by atoms with E-state index >= 15 is 0 Å². The number of hydrogen-bond acceptors (Lipinski definition) is 7. The fraction of sp³-hybridized carbons (Fsp3) is 0.567. The Balaban J connectivity index is 2.43. The summed E-state index contributed by atoms with van der Waals surface area (Å²) in [4.78, 5) is 77.8. The van der Waals surface area contributed by atoms with E-state index in [0.29, 0.717) is 24.3 Å². The lowest BCUT2D eigenvalue weighted by Gasteiger charge is -2.26. The molecule has 1 heterocycles. The average Bonchev–Trinajstić information content (AvgIpc) is 2.97. The first-order valence-corrected chi connectivity index (χ1v) is 15.2. The molecule has 15 heteroatoms. The molecule has 15 nitrogen and oxygen atoms in total. The summed E-state index contributed by atoms with van der Waals surface area (Å²) in [5.41, 5.74) is 6.02. The zero-order valence-corrected chi connectivity index (χ0v) is 25.8. The van der Waals surface area contributed by atoms with Gasteiger partial charge >= 0.3 is 5.97 Å². The number of carbonyl (C=O) groups excluding carboxylic acids is 5. The standard InChI is InChI=1S/C30H46N8O7/c1-18(2)9-6-7-12-21-27(43)36-20(13-8-14-33-30(31)32)26(42)34-17-24(39)35-23(16-25(40)41)29(45)38-22(28(44)37-21)15-19-10-4-3-5-11-19/h3-5,10-11,18,20-23H,6-9,12-17H2,1-2H3,(H,34,42)(H,35,39)(H,36,43)(H,37,44)(H,38,45)(H,40,41)(H4,31,32,33). The summed E-state index contributed by atoms with van der Waals surface area (Å²) in [5, 5.41) is 32.1. The molecule has 4 unspecified atom stereocenters. The van der Waals surface area contributed by atoms with Crippen molar-refractivity contribution < 1.29 is 33.9 Å². The number of aliphatic carboxylic acids is 1. The minimum Gasteiger partial charge on any atom is -0.481 e. The van der Waals surface area contributed by atoms with Gasteiger partial charge < -0.3 is 42.7 Å². The Morgan fingerprint density at radius 2 is 1.44 bits per heavy atom. The maximum atomic E-state index is 13.7. The third kappa shape index (κ3) is 14.1. The van der Waals surface area contributed by atoms with Gasteiger partial charge in [0.25, 0.3) is 0 Å². The molecule has 5 amide bonds. The van der Waals surface area contributed by atoms with Crippen LogP contribution >= 0.6 is 0 Å². The number of nitrogens with one attached hydrogen (secondary N) is 7. The molecule has 1 fully saturated rings. The lowest BCUT2D eigenvalue weighted by molar-refractivity contribution is -0.141. The third-order valence-corrected chi connectivity index (χ3v) is 7.14. The van der Waals surface area contributed by atoms with Gasteiger partial charge in [-0.15, -0.1) is 0 Å². The summed E-state index contributed by atoms with van der Waals surface area (Å²) in [6, 6.07) is 3.91. The number of benzene rings is 1. The SMILES string of the molecule is CC(C)CCCCC1NC(=O)C(Cc2ccccc2)NC(=O)C(CC(=O)O)NC(=O)CNC(=O)C(CCCNC(=N)N)NC1=O. The van der Waals surface area contributed by atoms with Crippen molar-refractivity contribution in [2.45, 2.75) is 89.4 Å². The maximum absolute atomic E-state index is 13.7. The van der Waals surface area contributed by atoms with Crippen LogP contribution < -0.4 is 37.6 Å². The van der Waals surface area contributed by atoms with Crippen LogP contribution in [0.5, 0.6) is 0 Å². The highest BCUT2D eigenvalue weighted by molar-refractivity contribution is 5.98. The molecule has 1 aromatic carbocycles. The molecule has 2 rings (SSSR count). The molecule has 0 saturated carbocycles. The number of carbonyl (C=O) groups is 6. The Morgan fingerprint density at radius 1 is 0.867 bits per heavy atom. The van der Waals surface area contributed by atoms with Crippen LogP contribution in [0, 0.1) is 11.3 Å². The second-order valence-electron chi connectivity index (χ2n) is 11.5. The Hall–Kier alpha value is -4.69. The molecule has 0 spiro atoms. The van der Waals surface area contributed by atoms with Crippen molar-refractivity contribution in [1.82, 2.24) is 31.9 Å². The van der Waals surface area contributed by atoms with Crippen LogP contribution in [0.25, 0.3) is 0 Å². The zero-order chi connectivity index (χ0) is 33.4.